The number of hydrogen-bond acceptors (Lipinski definition) is 3. The lowest BCUT2D eigenvalue weighted by atomic mass is 10.3. The van der Waals surface area contributed by atoms with Gasteiger partial charge in [0.25, 0.3) is 5.91 Å². The number of pyridine rings is 2. The maximum absolute atomic E-state index is 11.9. The van der Waals surface area contributed by atoms with Crippen molar-refractivity contribution in [1.82, 2.24) is 9.97 Å². The van der Waals surface area contributed by atoms with Gasteiger partial charge in [0.15, 0.2) is 0 Å². The summed E-state index contributed by atoms with van der Waals surface area (Å²) in [5.41, 5.74) is 0.0736. The van der Waals surface area contributed by atoms with Crippen molar-refractivity contribution in [2.45, 2.75) is 0 Å². The highest BCUT2D eigenvalue weighted by Gasteiger charge is 2.13. The minimum absolute atomic E-state index is 0.0736. The van der Waals surface area contributed by atoms with Gasteiger partial charge in [-0.05, 0) is 46.9 Å². The van der Waals surface area contributed by atoms with E-state index in [-0.39, 0.29) is 15.9 Å². The lowest BCUT2D eigenvalue weighted by Crippen LogP contribution is -2.15. The number of nitrogens with one attached hydrogen (secondary N) is 1. The molecule has 0 saturated carbocycles. The van der Waals surface area contributed by atoms with E-state index in [1.807, 2.05) is 6.07 Å². The molecule has 18 heavy (non-hydrogen) atoms. The SMILES string of the molecule is O=C(Nc1ccc(I)cn1)c1nc(Cl)ccc1Cl. The van der Waals surface area contributed by atoms with E-state index < -0.39 is 5.91 Å². The molecule has 0 unspecified atom stereocenters. The van der Waals surface area contributed by atoms with Crippen LogP contribution in [0.15, 0.2) is 30.5 Å². The third-order valence-electron chi connectivity index (χ3n) is 2.00. The molecule has 2 rings (SSSR count). The fraction of sp³-hybridized carbons (Fsp3) is 0. The van der Waals surface area contributed by atoms with E-state index in [0.29, 0.717) is 5.82 Å². The predicted molar refractivity (Wildman–Crippen MR) is 79.2 cm³/mol. The topological polar surface area (TPSA) is 54.9 Å². The molecule has 0 radical (unpaired) electrons. The number of halogens is 3. The zero-order chi connectivity index (χ0) is 13.1. The van der Waals surface area contributed by atoms with E-state index in [0.717, 1.165) is 3.57 Å². The molecule has 2 aromatic rings. The molecule has 0 atom stereocenters. The number of carbonyl (C=O) groups excluding carboxylic acids is 1. The van der Waals surface area contributed by atoms with Crippen LogP contribution in [0.2, 0.25) is 10.2 Å². The number of nitrogens with zero attached hydrogens (tertiary/aromatic N) is 2. The number of carbonyl (C=O) groups is 1. The summed E-state index contributed by atoms with van der Waals surface area (Å²) in [5.74, 6) is -0.0190. The second-order valence-electron chi connectivity index (χ2n) is 3.28. The predicted octanol–water partition coefficient (Wildman–Crippen LogP) is 3.64. The number of anilines is 1. The minimum Gasteiger partial charge on any atom is -0.305 e. The first-order valence-corrected chi connectivity index (χ1v) is 6.64. The summed E-state index contributed by atoms with van der Waals surface area (Å²) in [4.78, 5) is 19.8. The normalized spacial score (nSPS) is 10.2. The molecule has 1 amide bonds. The van der Waals surface area contributed by atoms with Crippen LogP contribution in [0.1, 0.15) is 10.5 Å². The summed E-state index contributed by atoms with van der Waals surface area (Å²) in [5, 5.41) is 3.04. The highest BCUT2D eigenvalue weighted by atomic mass is 127. The Labute approximate surface area is 127 Å². The Morgan fingerprint density at radius 1 is 1.22 bits per heavy atom. The minimum atomic E-state index is -0.448. The molecule has 0 aliphatic carbocycles. The zero-order valence-corrected chi connectivity index (χ0v) is 12.5. The molecular formula is C11H6Cl2IN3O. The van der Waals surface area contributed by atoms with Crippen molar-refractivity contribution in [3.05, 3.63) is 49.9 Å². The maximum atomic E-state index is 11.9. The van der Waals surface area contributed by atoms with Crippen LogP contribution < -0.4 is 5.32 Å². The molecule has 1 N–H and O–H groups in total. The lowest BCUT2D eigenvalue weighted by molar-refractivity contribution is 0.102. The molecule has 0 aliphatic rings. The summed E-state index contributed by atoms with van der Waals surface area (Å²) >= 11 is 13.7. The van der Waals surface area contributed by atoms with Gasteiger partial charge in [0.2, 0.25) is 0 Å². The summed E-state index contributed by atoms with van der Waals surface area (Å²) in [6.07, 6.45) is 1.64. The molecule has 2 heterocycles. The van der Waals surface area contributed by atoms with Crippen LogP contribution in [-0.4, -0.2) is 15.9 Å². The summed E-state index contributed by atoms with van der Waals surface area (Å²) < 4.78 is 0.976. The first-order chi connectivity index (χ1) is 8.56. The van der Waals surface area contributed by atoms with Crippen molar-refractivity contribution in [3.8, 4) is 0 Å². The molecule has 0 aromatic carbocycles. The Morgan fingerprint density at radius 3 is 2.67 bits per heavy atom. The average Bonchev–Trinajstić information content (AvgIpc) is 2.35. The van der Waals surface area contributed by atoms with Gasteiger partial charge in [-0.1, -0.05) is 23.2 Å². The van der Waals surface area contributed by atoms with E-state index in [2.05, 4.69) is 37.9 Å². The molecule has 0 fully saturated rings. The number of amides is 1. The third kappa shape index (κ3) is 3.30. The van der Waals surface area contributed by atoms with Crippen LogP contribution in [-0.2, 0) is 0 Å². The van der Waals surface area contributed by atoms with Gasteiger partial charge < -0.3 is 5.32 Å². The second-order valence-corrected chi connectivity index (χ2v) is 5.32. The highest BCUT2D eigenvalue weighted by Crippen LogP contribution is 2.18. The van der Waals surface area contributed by atoms with Crippen molar-refractivity contribution in [2.75, 3.05) is 5.32 Å². The largest absolute Gasteiger partial charge is 0.305 e. The quantitative estimate of drug-likeness (QED) is 0.626. The van der Waals surface area contributed by atoms with Crippen molar-refractivity contribution in [3.63, 3.8) is 0 Å². The van der Waals surface area contributed by atoms with Crippen molar-refractivity contribution in [2.24, 2.45) is 0 Å². The monoisotopic (exact) mass is 393 g/mol. The van der Waals surface area contributed by atoms with E-state index in [1.165, 1.54) is 12.1 Å². The van der Waals surface area contributed by atoms with Gasteiger partial charge in [-0.3, -0.25) is 4.79 Å². The Kier molecular flexibility index (Phi) is 4.36. The molecule has 0 spiro atoms. The number of hydrogen-bond donors (Lipinski definition) is 1. The molecule has 0 bridgehead atoms. The fourth-order valence-corrected chi connectivity index (χ4v) is 1.86. The molecule has 92 valence electrons. The van der Waals surface area contributed by atoms with Crippen LogP contribution in [0.5, 0.6) is 0 Å². The van der Waals surface area contributed by atoms with Crippen LogP contribution in [0, 0.1) is 3.57 Å². The molecule has 2 aromatic heterocycles. The standard InChI is InChI=1S/C11H6Cl2IN3O/c12-7-2-3-8(13)16-10(7)11(18)17-9-4-1-6(14)5-15-9/h1-5H,(H,15,17,18). The average molecular weight is 394 g/mol. The number of rotatable bonds is 2. The van der Waals surface area contributed by atoms with Crippen LogP contribution in [0.4, 0.5) is 5.82 Å². The molecule has 0 aliphatic heterocycles. The van der Waals surface area contributed by atoms with Gasteiger partial charge in [-0.15, -0.1) is 0 Å². The molecular weight excluding hydrogens is 388 g/mol. The van der Waals surface area contributed by atoms with Crippen molar-refractivity contribution in [1.29, 1.82) is 0 Å². The highest BCUT2D eigenvalue weighted by molar-refractivity contribution is 14.1. The van der Waals surface area contributed by atoms with Gasteiger partial charge in [0, 0.05) is 9.77 Å². The molecule has 7 heteroatoms. The van der Waals surface area contributed by atoms with Gasteiger partial charge >= 0.3 is 0 Å². The third-order valence-corrected chi connectivity index (χ3v) is 3.15. The number of aromatic nitrogens is 2. The van der Waals surface area contributed by atoms with E-state index in [4.69, 9.17) is 23.2 Å². The van der Waals surface area contributed by atoms with Crippen molar-refractivity contribution >= 4 is 57.5 Å². The molecule has 0 saturated heterocycles. The smallest absolute Gasteiger partial charge is 0.277 e. The first-order valence-electron chi connectivity index (χ1n) is 4.81. The fourth-order valence-electron chi connectivity index (χ4n) is 1.20. The van der Waals surface area contributed by atoms with Crippen LogP contribution in [0.3, 0.4) is 0 Å². The van der Waals surface area contributed by atoms with E-state index in [9.17, 15) is 4.79 Å². The second kappa shape index (κ2) is 5.81. The lowest BCUT2D eigenvalue weighted by Gasteiger charge is -2.05. The Hall–Kier alpha value is -0.920. The van der Waals surface area contributed by atoms with Crippen LogP contribution >= 0.6 is 45.8 Å². The van der Waals surface area contributed by atoms with Gasteiger partial charge in [-0.25, -0.2) is 9.97 Å². The molecule has 4 nitrogen and oxygen atoms in total. The van der Waals surface area contributed by atoms with Gasteiger partial charge in [0.05, 0.1) is 5.02 Å². The first kappa shape index (κ1) is 13.5. The van der Waals surface area contributed by atoms with Crippen LogP contribution in [0.25, 0.3) is 0 Å². The zero-order valence-electron chi connectivity index (χ0n) is 8.82. The maximum Gasteiger partial charge on any atom is 0.277 e. The van der Waals surface area contributed by atoms with E-state index >= 15 is 0 Å². The summed E-state index contributed by atoms with van der Waals surface area (Å²) in [6, 6.07) is 6.56. The van der Waals surface area contributed by atoms with Gasteiger partial charge in [0.1, 0.15) is 16.7 Å². The Morgan fingerprint density at radius 2 is 2.00 bits per heavy atom. The Balaban J connectivity index is 2.21. The van der Waals surface area contributed by atoms with Crippen molar-refractivity contribution < 1.29 is 4.79 Å². The summed E-state index contributed by atoms with van der Waals surface area (Å²) in [7, 11) is 0. The summed E-state index contributed by atoms with van der Waals surface area (Å²) in [6.45, 7) is 0. The van der Waals surface area contributed by atoms with E-state index in [1.54, 1.807) is 12.3 Å². The van der Waals surface area contributed by atoms with Gasteiger partial charge in [-0.2, -0.15) is 0 Å². The Bertz CT molecular complexity index is 589.